The Labute approximate surface area is 126 Å². The summed E-state index contributed by atoms with van der Waals surface area (Å²) in [4.78, 5) is 24.3. The van der Waals surface area contributed by atoms with Crippen molar-refractivity contribution >= 4 is 22.8 Å². The summed E-state index contributed by atoms with van der Waals surface area (Å²) < 4.78 is 5.40. The topological polar surface area (TPSA) is 69.4 Å². The molecular formula is C15H15NO4S. The summed E-state index contributed by atoms with van der Waals surface area (Å²) in [5.41, 5.74) is 0.514. The van der Waals surface area contributed by atoms with Gasteiger partial charge < -0.3 is 4.74 Å². The van der Waals surface area contributed by atoms with Crippen molar-refractivity contribution in [2.45, 2.75) is 20.3 Å². The van der Waals surface area contributed by atoms with Gasteiger partial charge in [-0.2, -0.15) is 0 Å². The fourth-order valence-corrected chi connectivity index (χ4v) is 2.77. The molecule has 1 aromatic heterocycles. The number of rotatable bonds is 6. The number of nitro benzene ring substituents is 1. The van der Waals surface area contributed by atoms with E-state index >= 15 is 0 Å². The van der Waals surface area contributed by atoms with Crippen LogP contribution < -0.4 is 4.74 Å². The highest BCUT2D eigenvalue weighted by Crippen LogP contribution is 2.30. The summed E-state index contributed by atoms with van der Waals surface area (Å²) in [6, 6.07) is 8.35. The highest BCUT2D eigenvalue weighted by atomic mass is 32.1. The number of para-hydroxylation sites is 1. The second-order valence-electron chi connectivity index (χ2n) is 4.51. The molecule has 2 aromatic rings. The lowest BCUT2D eigenvalue weighted by molar-refractivity contribution is -0.385. The first-order valence-electron chi connectivity index (χ1n) is 6.51. The van der Waals surface area contributed by atoms with Crippen LogP contribution in [0, 0.1) is 17.0 Å². The van der Waals surface area contributed by atoms with Crippen LogP contribution in [0.3, 0.4) is 0 Å². The van der Waals surface area contributed by atoms with E-state index in [2.05, 4.69) is 0 Å². The van der Waals surface area contributed by atoms with Crippen LogP contribution in [-0.2, 0) is 6.42 Å². The Kier molecular flexibility index (Phi) is 4.70. The molecule has 5 nitrogen and oxygen atoms in total. The second-order valence-corrected chi connectivity index (χ2v) is 5.68. The van der Waals surface area contributed by atoms with Crippen molar-refractivity contribution in [3.63, 3.8) is 0 Å². The monoisotopic (exact) mass is 305 g/mol. The second kappa shape index (κ2) is 6.49. The van der Waals surface area contributed by atoms with Crippen molar-refractivity contribution in [2.75, 3.05) is 6.61 Å². The van der Waals surface area contributed by atoms with Crippen LogP contribution in [0.25, 0.3) is 0 Å². The first-order valence-corrected chi connectivity index (χ1v) is 7.33. The number of nitro groups is 1. The van der Waals surface area contributed by atoms with Gasteiger partial charge in [-0.05, 0) is 31.0 Å². The van der Waals surface area contributed by atoms with E-state index < -0.39 is 4.92 Å². The predicted octanol–water partition coefficient (Wildman–Crippen LogP) is 3.79. The number of ether oxygens (including phenoxy) is 1. The Morgan fingerprint density at radius 3 is 2.71 bits per heavy atom. The Bertz CT molecular complexity index is 678. The number of hydrogen-bond donors (Lipinski definition) is 0. The molecule has 110 valence electrons. The fraction of sp³-hybridized carbons (Fsp3) is 0.267. The van der Waals surface area contributed by atoms with Crippen LogP contribution in [-0.4, -0.2) is 17.3 Å². The minimum Gasteiger partial charge on any atom is -0.478 e. The number of ketones is 1. The van der Waals surface area contributed by atoms with Gasteiger partial charge in [0.15, 0.2) is 6.61 Å². The zero-order valence-electron chi connectivity index (χ0n) is 11.8. The zero-order valence-corrected chi connectivity index (χ0v) is 12.6. The Morgan fingerprint density at radius 1 is 1.33 bits per heavy atom. The van der Waals surface area contributed by atoms with Gasteiger partial charge in [0.2, 0.25) is 11.5 Å². The van der Waals surface area contributed by atoms with E-state index in [1.807, 2.05) is 13.0 Å². The fourth-order valence-electron chi connectivity index (χ4n) is 1.90. The van der Waals surface area contributed by atoms with E-state index in [-0.39, 0.29) is 23.8 Å². The summed E-state index contributed by atoms with van der Waals surface area (Å²) in [5, 5.41) is 11.0. The maximum atomic E-state index is 12.1. The maximum absolute atomic E-state index is 12.1. The smallest absolute Gasteiger partial charge is 0.311 e. The Hall–Kier alpha value is -2.21. The van der Waals surface area contributed by atoms with Crippen LogP contribution in [0.15, 0.2) is 30.3 Å². The maximum Gasteiger partial charge on any atom is 0.311 e. The number of Topliss-reactive ketones (excluding diaryl/α,β-unsaturated/α-hetero) is 1. The standard InChI is InChI=1S/C15H15NO4S/c1-3-11-7-8-14(21-11)13(17)9-20-15-10(2)5-4-6-12(15)16(18)19/h4-8H,3,9H2,1-2H3. The molecule has 0 aliphatic carbocycles. The molecule has 0 bridgehead atoms. The van der Waals surface area contributed by atoms with Crippen molar-refractivity contribution in [1.82, 2.24) is 0 Å². The minimum atomic E-state index is -0.507. The SMILES string of the molecule is CCc1ccc(C(=O)COc2c(C)cccc2[N+](=O)[O-])s1. The van der Waals surface area contributed by atoms with Crippen molar-refractivity contribution < 1.29 is 14.5 Å². The molecule has 21 heavy (non-hydrogen) atoms. The normalized spacial score (nSPS) is 10.4. The van der Waals surface area contributed by atoms with Crippen LogP contribution >= 0.6 is 11.3 Å². The molecule has 2 rings (SSSR count). The zero-order chi connectivity index (χ0) is 15.4. The minimum absolute atomic E-state index is 0.122. The first kappa shape index (κ1) is 15.2. The van der Waals surface area contributed by atoms with Gasteiger partial charge in [0.1, 0.15) is 0 Å². The average Bonchev–Trinajstić information content (AvgIpc) is 2.94. The third kappa shape index (κ3) is 3.46. The van der Waals surface area contributed by atoms with Gasteiger partial charge >= 0.3 is 5.69 Å². The molecule has 0 radical (unpaired) electrons. The van der Waals surface area contributed by atoms with Crippen LogP contribution in [0.1, 0.15) is 27.0 Å². The first-order chi connectivity index (χ1) is 10.0. The van der Waals surface area contributed by atoms with E-state index in [1.165, 1.54) is 17.4 Å². The number of thiophene rings is 1. The van der Waals surface area contributed by atoms with E-state index in [0.717, 1.165) is 11.3 Å². The third-order valence-electron chi connectivity index (χ3n) is 3.02. The molecule has 0 atom stereocenters. The Morgan fingerprint density at radius 2 is 2.10 bits per heavy atom. The van der Waals surface area contributed by atoms with E-state index in [4.69, 9.17) is 4.74 Å². The van der Waals surface area contributed by atoms with Crippen molar-refractivity contribution in [3.05, 3.63) is 55.8 Å². The van der Waals surface area contributed by atoms with E-state index in [0.29, 0.717) is 10.4 Å². The average molecular weight is 305 g/mol. The molecule has 0 saturated heterocycles. The molecule has 1 aromatic carbocycles. The van der Waals surface area contributed by atoms with E-state index in [9.17, 15) is 14.9 Å². The lowest BCUT2D eigenvalue weighted by Gasteiger charge is -2.08. The molecule has 0 aliphatic rings. The lowest BCUT2D eigenvalue weighted by atomic mass is 10.2. The molecule has 1 heterocycles. The largest absolute Gasteiger partial charge is 0.478 e. The van der Waals surface area contributed by atoms with Gasteiger partial charge in [0.25, 0.3) is 0 Å². The van der Waals surface area contributed by atoms with Crippen molar-refractivity contribution in [1.29, 1.82) is 0 Å². The van der Waals surface area contributed by atoms with Crippen LogP contribution in [0.2, 0.25) is 0 Å². The predicted molar refractivity (Wildman–Crippen MR) is 81.4 cm³/mol. The van der Waals surface area contributed by atoms with E-state index in [1.54, 1.807) is 25.1 Å². The van der Waals surface area contributed by atoms with Gasteiger partial charge in [0, 0.05) is 10.9 Å². The molecule has 0 spiro atoms. The van der Waals surface area contributed by atoms with Crippen molar-refractivity contribution in [3.8, 4) is 5.75 Å². The number of carbonyl (C=O) groups is 1. The Balaban J connectivity index is 2.13. The lowest BCUT2D eigenvalue weighted by Crippen LogP contribution is -2.11. The van der Waals surface area contributed by atoms with Gasteiger partial charge in [-0.15, -0.1) is 11.3 Å². The van der Waals surface area contributed by atoms with Crippen LogP contribution in [0.5, 0.6) is 5.75 Å². The van der Waals surface area contributed by atoms with Gasteiger partial charge in [-0.1, -0.05) is 19.1 Å². The summed E-state index contributed by atoms with van der Waals surface area (Å²) in [6.07, 6.45) is 0.877. The van der Waals surface area contributed by atoms with Crippen molar-refractivity contribution in [2.24, 2.45) is 0 Å². The quantitative estimate of drug-likeness (QED) is 0.462. The number of benzene rings is 1. The molecule has 0 saturated carbocycles. The molecule has 0 unspecified atom stereocenters. The van der Waals surface area contributed by atoms with Crippen LogP contribution in [0.4, 0.5) is 5.69 Å². The van der Waals surface area contributed by atoms with Gasteiger partial charge in [0.05, 0.1) is 9.80 Å². The molecule has 0 fully saturated rings. The number of hydrogen-bond acceptors (Lipinski definition) is 5. The molecular weight excluding hydrogens is 290 g/mol. The van der Waals surface area contributed by atoms with Gasteiger partial charge in [-0.25, -0.2) is 0 Å². The third-order valence-corrected chi connectivity index (χ3v) is 4.29. The summed E-state index contributed by atoms with van der Waals surface area (Å²) in [6.45, 7) is 3.54. The molecule has 6 heteroatoms. The highest BCUT2D eigenvalue weighted by Gasteiger charge is 2.19. The molecule has 0 N–H and O–H groups in total. The highest BCUT2D eigenvalue weighted by molar-refractivity contribution is 7.14. The molecule has 0 amide bonds. The summed E-state index contributed by atoms with van der Waals surface area (Å²) >= 11 is 1.43. The number of carbonyl (C=O) groups excluding carboxylic acids is 1. The number of aryl methyl sites for hydroxylation is 2. The molecule has 0 aliphatic heterocycles. The number of nitrogens with zero attached hydrogens (tertiary/aromatic N) is 1. The summed E-state index contributed by atoms with van der Waals surface area (Å²) in [5.74, 6) is -0.0135. The summed E-state index contributed by atoms with van der Waals surface area (Å²) in [7, 11) is 0. The van der Waals surface area contributed by atoms with Gasteiger partial charge in [-0.3, -0.25) is 14.9 Å².